The third kappa shape index (κ3) is 4.51. The van der Waals surface area contributed by atoms with Crippen LogP contribution in [0.4, 0.5) is 0 Å². The number of para-hydroxylation sites is 1. The average molecular weight is 446 g/mol. The van der Waals surface area contributed by atoms with E-state index in [1.165, 1.54) is 25.9 Å². The molecule has 0 amide bonds. The van der Waals surface area contributed by atoms with E-state index in [-0.39, 0.29) is 23.3 Å². The highest BCUT2D eigenvalue weighted by atomic mass is 16.5. The number of hydrogen-bond donors (Lipinski definition) is 3. The highest BCUT2D eigenvalue weighted by Gasteiger charge is 2.34. The van der Waals surface area contributed by atoms with E-state index in [9.17, 15) is 15.3 Å². The maximum absolute atomic E-state index is 10.6. The third-order valence-electron chi connectivity index (χ3n) is 7.15. The van der Waals surface area contributed by atoms with Gasteiger partial charge in [0.1, 0.15) is 18.1 Å². The zero-order chi connectivity index (χ0) is 22.8. The van der Waals surface area contributed by atoms with Crippen LogP contribution in [0.3, 0.4) is 0 Å². The number of likely N-dealkylation sites (tertiary alicyclic amines) is 1. The summed E-state index contributed by atoms with van der Waals surface area (Å²) in [6, 6.07) is 19.0. The molecule has 0 aromatic heterocycles. The monoisotopic (exact) mass is 445 g/mol. The molecule has 1 saturated heterocycles. The highest BCUT2D eigenvalue weighted by molar-refractivity contribution is 5.54. The first-order chi connectivity index (χ1) is 16.1. The molecular formula is C28H31NO4. The minimum atomic E-state index is -0.112. The van der Waals surface area contributed by atoms with Gasteiger partial charge in [-0.2, -0.15) is 0 Å². The number of phenolic OH excluding ortho intramolecular Hbond substituents is 3. The summed E-state index contributed by atoms with van der Waals surface area (Å²) in [5.74, 6) is 0.952. The van der Waals surface area contributed by atoms with Gasteiger partial charge in [0.05, 0.1) is 0 Å². The number of aromatic hydroxyl groups is 3. The number of nitrogens with zero attached hydrogens (tertiary/aromatic N) is 1. The summed E-state index contributed by atoms with van der Waals surface area (Å²) in [5.41, 5.74) is 4.04. The van der Waals surface area contributed by atoms with E-state index in [0.29, 0.717) is 12.4 Å². The SMILES string of the molecule is Oc1cc2c(cc1O)[C@@H](c1ccc(OCCN3CCCC3)cc1)[C@@H](c1ccccc1O)CC2. The Morgan fingerprint density at radius 1 is 0.818 bits per heavy atom. The van der Waals surface area contributed by atoms with Gasteiger partial charge in [-0.1, -0.05) is 30.3 Å². The lowest BCUT2D eigenvalue weighted by Gasteiger charge is -2.35. The van der Waals surface area contributed by atoms with Gasteiger partial charge in [0.15, 0.2) is 11.5 Å². The molecular weight excluding hydrogens is 414 g/mol. The molecule has 0 bridgehead atoms. The van der Waals surface area contributed by atoms with Crippen LogP contribution in [0.25, 0.3) is 0 Å². The zero-order valence-corrected chi connectivity index (χ0v) is 18.8. The van der Waals surface area contributed by atoms with Crippen molar-refractivity contribution in [2.24, 2.45) is 0 Å². The van der Waals surface area contributed by atoms with Crippen molar-refractivity contribution in [1.82, 2.24) is 4.90 Å². The van der Waals surface area contributed by atoms with Crippen LogP contribution in [-0.2, 0) is 6.42 Å². The Bertz CT molecular complexity index is 1110. The molecule has 0 unspecified atom stereocenters. The predicted octanol–water partition coefficient (Wildman–Crippen LogP) is 5.14. The van der Waals surface area contributed by atoms with Crippen molar-refractivity contribution >= 4 is 0 Å². The molecule has 5 rings (SSSR count). The van der Waals surface area contributed by atoms with Crippen molar-refractivity contribution in [3.63, 3.8) is 0 Å². The van der Waals surface area contributed by atoms with Crippen LogP contribution in [0.2, 0.25) is 0 Å². The normalized spacial score (nSPS) is 20.5. The minimum absolute atomic E-state index is 0.0489. The van der Waals surface area contributed by atoms with Crippen LogP contribution in [0, 0.1) is 0 Å². The number of benzene rings is 3. The molecule has 3 aromatic rings. The van der Waals surface area contributed by atoms with Gasteiger partial charge in [0.25, 0.3) is 0 Å². The molecule has 1 aliphatic heterocycles. The second-order valence-corrected chi connectivity index (χ2v) is 9.19. The van der Waals surface area contributed by atoms with Crippen molar-refractivity contribution in [3.05, 3.63) is 82.9 Å². The molecule has 2 aliphatic rings. The van der Waals surface area contributed by atoms with Gasteiger partial charge in [-0.15, -0.1) is 0 Å². The third-order valence-corrected chi connectivity index (χ3v) is 7.15. The van der Waals surface area contributed by atoms with Gasteiger partial charge >= 0.3 is 0 Å². The Hall–Kier alpha value is -3.18. The Balaban J connectivity index is 1.43. The Morgan fingerprint density at radius 3 is 2.30 bits per heavy atom. The fraction of sp³-hybridized carbons (Fsp3) is 0.357. The van der Waals surface area contributed by atoms with Gasteiger partial charge < -0.3 is 20.1 Å². The van der Waals surface area contributed by atoms with Gasteiger partial charge in [-0.25, -0.2) is 0 Å². The molecule has 172 valence electrons. The van der Waals surface area contributed by atoms with Crippen LogP contribution in [0.15, 0.2) is 60.7 Å². The molecule has 1 aliphatic carbocycles. The maximum Gasteiger partial charge on any atom is 0.157 e. The summed E-state index contributed by atoms with van der Waals surface area (Å²) in [6.45, 7) is 3.97. The molecule has 2 atom stereocenters. The van der Waals surface area contributed by atoms with E-state index < -0.39 is 0 Å². The van der Waals surface area contributed by atoms with Gasteiger partial charge in [-0.05, 0) is 97.3 Å². The highest BCUT2D eigenvalue weighted by Crippen LogP contribution is 2.50. The van der Waals surface area contributed by atoms with Crippen LogP contribution in [0.1, 0.15) is 53.4 Å². The molecule has 5 heteroatoms. The molecule has 33 heavy (non-hydrogen) atoms. The Morgan fingerprint density at radius 2 is 1.55 bits per heavy atom. The summed E-state index contributed by atoms with van der Waals surface area (Å²) in [5, 5.41) is 30.9. The van der Waals surface area contributed by atoms with Crippen molar-refractivity contribution < 1.29 is 20.1 Å². The molecule has 5 nitrogen and oxygen atoms in total. The topological polar surface area (TPSA) is 73.2 Å². The second-order valence-electron chi connectivity index (χ2n) is 9.19. The molecule has 1 heterocycles. The smallest absolute Gasteiger partial charge is 0.157 e. The summed E-state index contributed by atoms with van der Waals surface area (Å²) in [4.78, 5) is 2.44. The van der Waals surface area contributed by atoms with Crippen molar-refractivity contribution in [1.29, 1.82) is 0 Å². The van der Waals surface area contributed by atoms with Gasteiger partial charge in [0.2, 0.25) is 0 Å². The first-order valence-electron chi connectivity index (χ1n) is 11.9. The summed E-state index contributed by atoms with van der Waals surface area (Å²) >= 11 is 0. The lowest BCUT2D eigenvalue weighted by atomic mass is 9.69. The number of fused-ring (bicyclic) bond motifs is 1. The summed E-state index contributed by atoms with van der Waals surface area (Å²) < 4.78 is 5.99. The molecule has 0 saturated carbocycles. The van der Waals surface area contributed by atoms with E-state index in [1.807, 2.05) is 30.3 Å². The van der Waals surface area contributed by atoms with Crippen LogP contribution >= 0.6 is 0 Å². The number of phenols is 3. The lowest BCUT2D eigenvalue weighted by Crippen LogP contribution is -2.25. The van der Waals surface area contributed by atoms with E-state index in [2.05, 4.69) is 17.0 Å². The average Bonchev–Trinajstić information content (AvgIpc) is 3.34. The van der Waals surface area contributed by atoms with E-state index in [4.69, 9.17) is 4.74 Å². The van der Waals surface area contributed by atoms with Crippen LogP contribution < -0.4 is 4.74 Å². The predicted molar refractivity (Wildman–Crippen MR) is 128 cm³/mol. The second kappa shape index (κ2) is 9.36. The standard InChI is InChI=1S/C28H31NO4/c30-25-6-2-1-5-22(25)23-12-9-20-17-26(31)27(32)18-24(20)28(23)19-7-10-21(11-8-19)33-16-15-29-13-3-4-14-29/h1-2,5-8,10-11,17-18,23,28,30-32H,3-4,9,12-16H2/t23-,28+/m1/s1. The molecule has 1 fully saturated rings. The molecule has 0 radical (unpaired) electrons. The van der Waals surface area contributed by atoms with Crippen molar-refractivity contribution in [2.75, 3.05) is 26.2 Å². The van der Waals surface area contributed by atoms with Crippen molar-refractivity contribution in [2.45, 2.75) is 37.5 Å². The zero-order valence-electron chi connectivity index (χ0n) is 18.8. The van der Waals surface area contributed by atoms with Gasteiger partial charge in [0, 0.05) is 12.5 Å². The molecule has 3 aromatic carbocycles. The summed E-state index contributed by atoms with van der Waals surface area (Å²) in [6.07, 6.45) is 4.18. The fourth-order valence-corrected chi connectivity index (χ4v) is 5.45. The quantitative estimate of drug-likeness (QED) is 0.458. The van der Waals surface area contributed by atoms with Crippen LogP contribution in [-0.4, -0.2) is 46.5 Å². The molecule has 0 spiro atoms. The lowest BCUT2D eigenvalue weighted by molar-refractivity contribution is 0.237. The number of ether oxygens (including phenoxy) is 1. The van der Waals surface area contributed by atoms with Crippen LogP contribution in [0.5, 0.6) is 23.0 Å². The van der Waals surface area contributed by atoms with Gasteiger partial charge in [-0.3, -0.25) is 4.90 Å². The first-order valence-corrected chi connectivity index (χ1v) is 11.9. The first kappa shape index (κ1) is 21.7. The molecule has 3 N–H and O–H groups in total. The number of aryl methyl sites for hydroxylation is 1. The number of rotatable bonds is 6. The fourth-order valence-electron chi connectivity index (χ4n) is 5.45. The van der Waals surface area contributed by atoms with Crippen molar-refractivity contribution in [3.8, 4) is 23.0 Å². The largest absolute Gasteiger partial charge is 0.508 e. The van der Waals surface area contributed by atoms with E-state index >= 15 is 0 Å². The van der Waals surface area contributed by atoms with E-state index in [0.717, 1.165) is 47.4 Å². The Labute approximate surface area is 194 Å². The van der Waals surface area contributed by atoms with E-state index in [1.54, 1.807) is 18.2 Å². The minimum Gasteiger partial charge on any atom is -0.508 e. The summed E-state index contributed by atoms with van der Waals surface area (Å²) in [7, 11) is 0. The maximum atomic E-state index is 10.6. The Kier molecular flexibility index (Phi) is 6.14. The number of hydrogen-bond acceptors (Lipinski definition) is 5.